The van der Waals surface area contributed by atoms with Crippen molar-refractivity contribution in [3.05, 3.63) is 29.7 Å². The quantitative estimate of drug-likeness (QED) is 0.865. The molecule has 1 heterocycles. The third kappa shape index (κ3) is 2.17. The molecule has 0 amide bonds. The van der Waals surface area contributed by atoms with Crippen molar-refractivity contribution in [3.8, 4) is 22.8 Å². The first kappa shape index (κ1) is 12.4. The number of aryl methyl sites for hydroxylation is 1. The second kappa shape index (κ2) is 5.10. The number of aromatic nitrogens is 2. The maximum atomic E-state index is 5.71. The van der Waals surface area contributed by atoms with Crippen molar-refractivity contribution in [2.75, 3.05) is 14.2 Å². The fraction of sp³-hybridized carbons (Fsp3) is 0.308. The van der Waals surface area contributed by atoms with Crippen molar-refractivity contribution in [1.82, 2.24) is 9.97 Å². The maximum absolute atomic E-state index is 5.71. The number of hydrogen-bond donors (Lipinski definition) is 2. The van der Waals surface area contributed by atoms with E-state index in [4.69, 9.17) is 15.2 Å². The van der Waals surface area contributed by atoms with Gasteiger partial charge in [-0.3, -0.25) is 0 Å². The van der Waals surface area contributed by atoms with Crippen molar-refractivity contribution in [1.29, 1.82) is 0 Å². The lowest BCUT2D eigenvalue weighted by Gasteiger charge is -2.09. The number of rotatable bonds is 4. The number of nitrogens with zero attached hydrogens (tertiary/aromatic N) is 1. The van der Waals surface area contributed by atoms with Gasteiger partial charge in [0.2, 0.25) is 0 Å². The lowest BCUT2D eigenvalue weighted by molar-refractivity contribution is 0.395. The van der Waals surface area contributed by atoms with Crippen molar-refractivity contribution >= 4 is 0 Å². The minimum atomic E-state index is 0.408. The van der Waals surface area contributed by atoms with Crippen molar-refractivity contribution in [2.45, 2.75) is 13.5 Å². The smallest absolute Gasteiger partial charge is 0.132 e. The summed E-state index contributed by atoms with van der Waals surface area (Å²) in [6.45, 7) is 2.31. The molecule has 0 unspecified atom stereocenters. The Bertz CT molecular complexity index is 549. The largest absolute Gasteiger partial charge is 0.497 e. The Morgan fingerprint density at radius 3 is 2.67 bits per heavy atom. The summed E-state index contributed by atoms with van der Waals surface area (Å²) in [7, 11) is 3.25. The molecule has 1 aromatic heterocycles. The number of benzene rings is 1. The van der Waals surface area contributed by atoms with E-state index in [2.05, 4.69) is 9.97 Å². The van der Waals surface area contributed by atoms with Gasteiger partial charge in [-0.05, 0) is 19.1 Å². The first-order valence-electron chi connectivity index (χ1n) is 5.67. The van der Waals surface area contributed by atoms with E-state index in [-0.39, 0.29) is 0 Å². The molecular formula is C13H17N3O2. The monoisotopic (exact) mass is 247 g/mol. The fourth-order valence-corrected chi connectivity index (χ4v) is 1.91. The topological polar surface area (TPSA) is 73.2 Å². The highest BCUT2D eigenvalue weighted by molar-refractivity contribution is 5.70. The van der Waals surface area contributed by atoms with Crippen LogP contribution in [0.5, 0.6) is 11.5 Å². The van der Waals surface area contributed by atoms with Gasteiger partial charge in [0.25, 0.3) is 0 Å². The van der Waals surface area contributed by atoms with Crippen LogP contribution >= 0.6 is 0 Å². The Kier molecular flexibility index (Phi) is 3.53. The standard InChI is InChI=1S/C13H17N3O2/c1-8-15-11(7-14)13(16-8)10-5-4-9(17-2)6-12(10)18-3/h4-6H,7,14H2,1-3H3,(H,15,16). The van der Waals surface area contributed by atoms with E-state index in [1.807, 2.05) is 25.1 Å². The number of nitrogens with one attached hydrogen (secondary N) is 1. The molecule has 0 aliphatic rings. The zero-order valence-electron chi connectivity index (χ0n) is 10.8. The molecule has 1 aromatic carbocycles. The van der Waals surface area contributed by atoms with E-state index in [1.165, 1.54) is 0 Å². The molecule has 96 valence electrons. The van der Waals surface area contributed by atoms with Crippen LogP contribution < -0.4 is 15.2 Å². The van der Waals surface area contributed by atoms with Crippen LogP contribution in [0.3, 0.4) is 0 Å². The van der Waals surface area contributed by atoms with Crippen LogP contribution in [-0.2, 0) is 6.54 Å². The summed E-state index contributed by atoms with van der Waals surface area (Å²) in [6, 6.07) is 5.63. The lowest BCUT2D eigenvalue weighted by atomic mass is 10.1. The number of imidazole rings is 1. The Hall–Kier alpha value is -2.01. The van der Waals surface area contributed by atoms with Gasteiger partial charge in [0, 0.05) is 18.2 Å². The van der Waals surface area contributed by atoms with Crippen molar-refractivity contribution in [2.24, 2.45) is 5.73 Å². The van der Waals surface area contributed by atoms with E-state index < -0.39 is 0 Å². The fourth-order valence-electron chi connectivity index (χ4n) is 1.91. The van der Waals surface area contributed by atoms with Crippen LogP contribution in [0, 0.1) is 6.92 Å². The lowest BCUT2D eigenvalue weighted by Crippen LogP contribution is -1.99. The van der Waals surface area contributed by atoms with Crippen molar-refractivity contribution < 1.29 is 9.47 Å². The summed E-state index contributed by atoms with van der Waals surface area (Å²) in [4.78, 5) is 7.61. The molecule has 0 spiro atoms. The Morgan fingerprint density at radius 2 is 2.06 bits per heavy atom. The first-order chi connectivity index (χ1) is 8.69. The highest BCUT2D eigenvalue weighted by atomic mass is 16.5. The van der Waals surface area contributed by atoms with Gasteiger partial charge in [0.05, 0.1) is 25.6 Å². The summed E-state index contributed by atoms with van der Waals surface area (Å²) in [5.74, 6) is 2.30. The number of hydrogen-bond acceptors (Lipinski definition) is 4. The zero-order chi connectivity index (χ0) is 13.1. The normalized spacial score (nSPS) is 10.4. The third-order valence-corrected chi connectivity index (χ3v) is 2.77. The van der Waals surface area contributed by atoms with E-state index in [1.54, 1.807) is 14.2 Å². The Balaban J connectivity index is 2.55. The first-order valence-corrected chi connectivity index (χ1v) is 5.67. The van der Waals surface area contributed by atoms with Crippen LogP contribution in [0.2, 0.25) is 0 Å². The van der Waals surface area contributed by atoms with Gasteiger partial charge < -0.3 is 20.2 Å². The number of H-pyrrole nitrogens is 1. The van der Waals surface area contributed by atoms with E-state index in [0.717, 1.165) is 34.3 Å². The molecule has 0 saturated carbocycles. The average molecular weight is 247 g/mol. The summed E-state index contributed by atoms with van der Waals surface area (Å²) in [5, 5.41) is 0. The van der Waals surface area contributed by atoms with Gasteiger partial charge >= 0.3 is 0 Å². The van der Waals surface area contributed by atoms with Gasteiger partial charge in [-0.15, -0.1) is 0 Å². The SMILES string of the molecule is COc1ccc(-c2nc(C)[nH]c2CN)c(OC)c1. The zero-order valence-corrected chi connectivity index (χ0v) is 10.8. The molecule has 0 saturated heterocycles. The predicted octanol–water partition coefficient (Wildman–Crippen LogP) is 1.86. The molecular weight excluding hydrogens is 230 g/mol. The number of aromatic amines is 1. The van der Waals surface area contributed by atoms with Crippen LogP contribution in [0.25, 0.3) is 11.3 Å². The molecule has 0 bridgehead atoms. The Morgan fingerprint density at radius 1 is 1.28 bits per heavy atom. The summed E-state index contributed by atoms with van der Waals surface area (Å²) in [6.07, 6.45) is 0. The van der Waals surface area contributed by atoms with Gasteiger partial charge in [0.1, 0.15) is 17.3 Å². The molecule has 3 N–H and O–H groups in total. The molecule has 0 atom stereocenters. The number of methoxy groups -OCH3 is 2. The Labute approximate surface area is 106 Å². The molecule has 5 heteroatoms. The molecule has 0 aliphatic heterocycles. The molecule has 0 aliphatic carbocycles. The minimum absolute atomic E-state index is 0.408. The van der Waals surface area contributed by atoms with Gasteiger partial charge in [-0.25, -0.2) is 4.98 Å². The highest BCUT2D eigenvalue weighted by Crippen LogP contribution is 2.33. The van der Waals surface area contributed by atoms with Crippen LogP contribution in [0.15, 0.2) is 18.2 Å². The second-order valence-corrected chi connectivity index (χ2v) is 3.92. The third-order valence-electron chi connectivity index (χ3n) is 2.77. The highest BCUT2D eigenvalue weighted by Gasteiger charge is 2.14. The van der Waals surface area contributed by atoms with Gasteiger partial charge in [-0.1, -0.05) is 0 Å². The number of ether oxygens (including phenoxy) is 2. The second-order valence-electron chi connectivity index (χ2n) is 3.92. The molecule has 0 radical (unpaired) electrons. The molecule has 2 aromatic rings. The van der Waals surface area contributed by atoms with Crippen LogP contribution in [-0.4, -0.2) is 24.2 Å². The minimum Gasteiger partial charge on any atom is -0.497 e. The van der Waals surface area contributed by atoms with Gasteiger partial charge in [0.15, 0.2) is 0 Å². The average Bonchev–Trinajstić information content (AvgIpc) is 2.78. The maximum Gasteiger partial charge on any atom is 0.132 e. The molecule has 5 nitrogen and oxygen atoms in total. The van der Waals surface area contributed by atoms with Gasteiger partial charge in [-0.2, -0.15) is 0 Å². The van der Waals surface area contributed by atoms with Crippen LogP contribution in [0.1, 0.15) is 11.5 Å². The predicted molar refractivity (Wildman–Crippen MR) is 69.8 cm³/mol. The number of nitrogens with two attached hydrogens (primary N) is 1. The van der Waals surface area contributed by atoms with Crippen LogP contribution in [0.4, 0.5) is 0 Å². The van der Waals surface area contributed by atoms with Crippen molar-refractivity contribution in [3.63, 3.8) is 0 Å². The van der Waals surface area contributed by atoms with E-state index in [0.29, 0.717) is 6.54 Å². The molecule has 18 heavy (non-hydrogen) atoms. The summed E-state index contributed by atoms with van der Waals surface area (Å²) >= 11 is 0. The summed E-state index contributed by atoms with van der Waals surface area (Å²) < 4.78 is 10.6. The molecule has 2 rings (SSSR count). The van der Waals surface area contributed by atoms with E-state index >= 15 is 0 Å². The molecule has 0 fully saturated rings. The van der Waals surface area contributed by atoms with E-state index in [9.17, 15) is 0 Å². The summed E-state index contributed by atoms with van der Waals surface area (Å²) in [5.41, 5.74) is 8.35.